The van der Waals surface area contributed by atoms with Crippen molar-refractivity contribution in [2.24, 2.45) is 7.05 Å². The summed E-state index contributed by atoms with van der Waals surface area (Å²) in [5.74, 6) is 0. The maximum absolute atomic E-state index is 2.48. The van der Waals surface area contributed by atoms with Gasteiger partial charge in [-0.05, 0) is 139 Å². The van der Waals surface area contributed by atoms with Gasteiger partial charge in [0.1, 0.15) is 0 Å². The first-order valence-corrected chi connectivity index (χ1v) is 24.5. The average molecular weight is 896 g/mol. The van der Waals surface area contributed by atoms with Gasteiger partial charge in [0.2, 0.25) is 0 Å². The molecule has 0 bridgehead atoms. The lowest BCUT2D eigenvalue weighted by Gasteiger charge is -2.14. The van der Waals surface area contributed by atoms with E-state index in [4.69, 9.17) is 0 Å². The average Bonchev–Trinajstić information content (AvgIpc) is 3.96. The number of nitrogens with zero attached hydrogens (tertiary/aromatic N) is 1. The van der Waals surface area contributed by atoms with Crippen LogP contribution in [0.15, 0.2) is 255 Å². The summed E-state index contributed by atoms with van der Waals surface area (Å²) in [6, 6.07) is 93.6. The predicted molar refractivity (Wildman–Crippen MR) is 297 cm³/mol. The van der Waals surface area contributed by atoms with E-state index in [1.807, 2.05) is 11.3 Å². The standard InChI is InChI=1S/C67H45NS/c1-68-65-58(50-29-16-27-48(35-50)56-39-52(44-19-6-2-7-20-44)37-53(40-56)45-21-8-3-9-22-45)32-18-33-60(65)64-66(68)61(43-62-59-31-14-15-34-63(59)69-67(62)64)51-30-17-28-49(36-51)57-41-54(46-23-10-4-11-24-46)38-55(42-57)47-25-12-5-13-26-47/h2-43H,1H3. The fraction of sp³-hybridized carbons (Fsp3) is 0.0149. The van der Waals surface area contributed by atoms with Gasteiger partial charge in [0.15, 0.2) is 0 Å². The van der Waals surface area contributed by atoms with E-state index in [2.05, 4.69) is 266 Å². The Bertz CT molecular complexity index is 3930. The highest BCUT2D eigenvalue weighted by molar-refractivity contribution is 7.26. The molecule has 2 heteroatoms. The Hall–Kier alpha value is -8.56. The molecule has 0 aliphatic heterocycles. The van der Waals surface area contributed by atoms with Crippen LogP contribution in [0, 0.1) is 0 Å². The van der Waals surface area contributed by atoms with Gasteiger partial charge in [0.05, 0.1) is 11.0 Å². The molecule has 0 saturated carbocycles. The predicted octanol–water partition coefficient (Wildman–Crippen LogP) is 19.0. The molecular formula is C67H45NS. The number of aryl methyl sites for hydroxylation is 1. The number of para-hydroxylation sites is 1. The van der Waals surface area contributed by atoms with Crippen LogP contribution in [0.2, 0.25) is 0 Å². The first kappa shape index (κ1) is 40.7. The largest absolute Gasteiger partial charge is 0.343 e. The van der Waals surface area contributed by atoms with Crippen molar-refractivity contribution < 1.29 is 0 Å². The van der Waals surface area contributed by atoms with Crippen LogP contribution >= 0.6 is 11.3 Å². The van der Waals surface area contributed by atoms with Crippen LogP contribution in [0.25, 0.3) is 131 Å². The first-order valence-electron chi connectivity index (χ1n) is 23.7. The third-order valence-electron chi connectivity index (χ3n) is 13.9. The second-order valence-corrected chi connectivity index (χ2v) is 19.2. The second-order valence-electron chi connectivity index (χ2n) is 18.1. The zero-order valence-electron chi connectivity index (χ0n) is 38.1. The molecular weight excluding hydrogens is 851 g/mol. The minimum Gasteiger partial charge on any atom is -0.343 e. The smallest absolute Gasteiger partial charge is 0.0583 e. The summed E-state index contributed by atoms with van der Waals surface area (Å²) in [5, 5.41) is 5.18. The molecule has 0 aliphatic rings. The topological polar surface area (TPSA) is 4.93 Å². The normalized spacial score (nSPS) is 11.6. The van der Waals surface area contributed by atoms with E-state index in [1.165, 1.54) is 131 Å². The Labute approximate surface area is 406 Å². The van der Waals surface area contributed by atoms with Crippen LogP contribution in [0.5, 0.6) is 0 Å². The van der Waals surface area contributed by atoms with E-state index in [0.717, 1.165) is 0 Å². The fourth-order valence-corrected chi connectivity index (χ4v) is 11.9. The minimum absolute atomic E-state index is 1.19. The van der Waals surface area contributed by atoms with Crippen molar-refractivity contribution >= 4 is 53.3 Å². The third kappa shape index (κ3) is 7.25. The quantitative estimate of drug-likeness (QED) is 0.143. The van der Waals surface area contributed by atoms with Gasteiger partial charge in [0, 0.05) is 49.1 Å². The molecule has 0 spiro atoms. The summed E-state index contributed by atoms with van der Waals surface area (Å²) < 4.78 is 5.11. The Morgan fingerprint density at radius 2 is 0.623 bits per heavy atom. The number of hydrogen-bond donors (Lipinski definition) is 0. The lowest BCUT2D eigenvalue weighted by Crippen LogP contribution is -1.93. The van der Waals surface area contributed by atoms with Crippen molar-refractivity contribution in [3.8, 4) is 89.0 Å². The first-order chi connectivity index (χ1) is 34.1. The highest BCUT2D eigenvalue weighted by Crippen LogP contribution is 2.48. The molecule has 13 rings (SSSR count). The fourth-order valence-electron chi connectivity index (χ4n) is 10.6. The van der Waals surface area contributed by atoms with Gasteiger partial charge in [-0.15, -0.1) is 11.3 Å². The molecule has 0 unspecified atom stereocenters. The highest BCUT2D eigenvalue weighted by Gasteiger charge is 2.22. The van der Waals surface area contributed by atoms with Crippen molar-refractivity contribution in [1.29, 1.82) is 0 Å². The Balaban J connectivity index is 1.01. The number of hydrogen-bond acceptors (Lipinski definition) is 1. The Morgan fingerprint density at radius 1 is 0.261 bits per heavy atom. The zero-order chi connectivity index (χ0) is 45.8. The van der Waals surface area contributed by atoms with E-state index in [9.17, 15) is 0 Å². The van der Waals surface area contributed by atoms with E-state index >= 15 is 0 Å². The molecule has 2 heterocycles. The van der Waals surface area contributed by atoms with Crippen LogP contribution < -0.4 is 0 Å². The molecule has 1 nitrogen and oxygen atoms in total. The molecule has 2 aromatic heterocycles. The van der Waals surface area contributed by atoms with Crippen molar-refractivity contribution in [1.82, 2.24) is 4.57 Å². The molecule has 0 radical (unpaired) electrons. The van der Waals surface area contributed by atoms with Gasteiger partial charge in [-0.25, -0.2) is 0 Å². The maximum Gasteiger partial charge on any atom is 0.0583 e. The summed E-state index contributed by atoms with van der Waals surface area (Å²) in [6.45, 7) is 0. The van der Waals surface area contributed by atoms with Gasteiger partial charge in [-0.3, -0.25) is 0 Å². The van der Waals surface area contributed by atoms with Crippen molar-refractivity contribution in [2.75, 3.05) is 0 Å². The molecule has 0 saturated heterocycles. The van der Waals surface area contributed by atoms with Crippen LogP contribution in [0.1, 0.15) is 0 Å². The third-order valence-corrected chi connectivity index (χ3v) is 15.1. The van der Waals surface area contributed by atoms with Crippen LogP contribution in [-0.2, 0) is 7.05 Å². The van der Waals surface area contributed by atoms with Crippen LogP contribution in [0.4, 0.5) is 0 Å². The molecule has 0 atom stereocenters. The monoisotopic (exact) mass is 895 g/mol. The summed E-state index contributed by atoms with van der Waals surface area (Å²) in [6.07, 6.45) is 0. The lowest BCUT2D eigenvalue weighted by atomic mass is 9.91. The van der Waals surface area contributed by atoms with Gasteiger partial charge < -0.3 is 4.57 Å². The molecule has 0 amide bonds. The minimum atomic E-state index is 1.19. The molecule has 11 aromatic carbocycles. The second kappa shape index (κ2) is 16.9. The zero-order valence-corrected chi connectivity index (χ0v) is 38.9. The summed E-state index contributed by atoms with van der Waals surface area (Å²) in [5.41, 5.74) is 21.7. The summed E-state index contributed by atoms with van der Waals surface area (Å²) in [4.78, 5) is 0. The Morgan fingerprint density at radius 3 is 1.12 bits per heavy atom. The summed E-state index contributed by atoms with van der Waals surface area (Å²) in [7, 11) is 2.27. The number of benzene rings is 11. The van der Waals surface area contributed by atoms with Crippen LogP contribution in [-0.4, -0.2) is 4.57 Å². The molecule has 0 N–H and O–H groups in total. The van der Waals surface area contributed by atoms with Crippen molar-refractivity contribution in [3.63, 3.8) is 0 Å². The number of rotatable bonds is 8. The summed E-state index contributed by atoms with van der Waals surface area (Å²) >= 11 is 1.91. The van der Waals surface area contributed by atoms with E-state index in [0.29, 0.717) is 0 Å². The SMILES string of the molecule is Cn1c2c(-c3cccc(-c4cc(-c5ccccc5)cc(-c5ccccc5)c4)c3)cccc2c2c3sc4ccccc4c3cc(-c3cccc(-c4cc(-c5ccccc5)cc(-c5ccccc5)c4)c3)c21. The van der Waals surface area contributed by atoms with Crippen molar-refractivity contribution in [2.45, 2.75) is 0 Å². The maximum atomic E-state index is 2.48. The van der Waals surface area contributed by atoms with Gasteiger partial charge in [0.25, 0.3) is 0 Å². The number of aromatic nitrogens is 1. The van der Waals surface area contributed by atoms with E-state index < -0.39 is 0 Å². The molecule has 0 fully saturated rings. The van der Waals surface area contributed by atoms with Gasteiger partial charge >= 0.3 is 0 Å². The highest BCUT2D eigenvalue weighted by atomic mass is 32.1. The molecule has 324 valence electrons. The van der Waals surface area contributed by atoms with Crippen molar-refractivity contribution in [3.05, 3.63) is 255 Å². The number of thiophene rings is 1. The number of fused-ring (bicyclic) bond motifs is 7. The molecule has 69 heavy (non-hydrogen) atoms. The molecule has 13 aromatic rings. The van der Waals surface area contributed by atoms with Crippen LogP contribution in [0.3, 0.4) is 0 Å². The van der Waals surface area contributed by atoms with E-state index in [-0.39, 0.29) is 0 Å². The lowest BCUT2D eigenvalue weighted by molar-refractivity contribution is 1.02. The Kier molecular flexibility index (Phi) is 10.00. The molecule has 0 aliphatic carbocycles. The van der Waals surface area contributed by atoms with Gasteiger partial charge in [-0.2, -0.15) is 0 Å². The van der Waals surface area contributed by atoms with E-state index in [1.54, 1.807) is 0 Å². The van der Waals surface area contributed by atoms with Gasteiger partial charge in [-0.1, -0.05) is 194 Å².